The number of halogens is 3. The van der Waals surface area contributed by atoms with E-state index >= 15 is 0 Å². The summed E-state index contributed by atoms with van der Waals surface area (Å²) in [5.41, 5.74) is -3.42. The number of aliphatic hydroxyl groups is 1. The van der Waals surface area contributed by atoms with Gasteiger partial charge in [0.25, 0.3) is 0 Å². The third kappa shape index (κ3) is 2.14. The molecule has 0 unspecified atom stereocenters. The molecule has 0 spiro atoms. The van der Waals surface area contributed by atoms with E-state index in [0.29, 0.717) is 5.52 Å². The summed E-state index contributed by atoms with van der Waals surface area (Å²) < 4.78 is 37.0. The summed E-state index contributed by atoms with van der Waals surface area (Å²) in [7, 11) is 0. The molecule has 2 rings (SSSR count). The molecule has 1 aromatic heterocycles. The molecule has 0 atom stereocenters. The molecule has 2 aromatic rings. The molecule has 0 aliphatic heterocycles. The minimum absolute atomic E-state index is 0.0475. The van der Waals surface area contributed by atoms with Crippen molar-refractivity contribution < 1.29 is 18.3 Å². The quantitative estimate of drug-likeness (QED) is 0.803. The van der Waals surface area contributed by atoms with E-state index in [4.69, 9.17) is 5.11 Å². The molecule has 16 heavy (non-hydrogen) atoms. The second-order valence-corrected chi connectivity index (χ2v) is 4.13. The SMILES string of the molecule is OCc1ccc2[nH]cnc2c1SC(F)(F)F. The molecular weight excluding hydrogens is 241 g/mol. The number of benzene rings is 1. The van der Waals surface area contributed by atoms with Crippen LogP contribution >= 0.6 is 11.8 Å². The molecule has 86 valence electrons. The predicted octanol–water partition coefficient (Wildman–Crippen LogP) is 2.67. The van der Waals surface area contributed by atoms with Crippen molar-refractivity contribution in [2.75, 3.05) is 0 Å². The maximum atomic E-state index is 12.3. The number of nitrogens with zero attached hydrogens (tertiary/aromatic N) is 1. The van der Waals surface area contributed by atoms with Crippen LogP contribution in [0, 0.1) is 0 Å². The first-order valence-corrected chi connectivity index (χ1v) is 5.14. The topological polar surface area (TPSA) is 48.9 Å². The van der Waals surface area contributed by atoms with Gasteiger partial charge in [0.05, 0.1) is 18.5 Å². The first-order chi connectivity index (χ1) is 7.51. The predicted molar refractivity (Wildman–Crippen MR) is 53.9 cm³/mol. The number of aromatic nitrogens is 2. The lowest BCUT2D eigenvalue weighted by molar-refractivity contribution is -0.0328. The molecule has 0 radical (unpaired) electrons. The van der Waals surface area contributed by atoms with Crippen LogP contribution < -0.4 is 0 Å². The Morgan fingerprint density at radius 2 is 2.12 bits per heavy atom. The standard InChI is InChI=1S/C9H7F3N2OS/c10-9(11,12)16-8-5(3-15)1-2-6-7(8)14-4-13-6/h1-2,4,15H,3H2,(H,13,14). The molecule has 0 saturated heterocycles. The van der Waals surface area contributed by atoms with E-state index in [-0.39, 0.29) is 27.7 Å². The molecule has 0 aliphatic carbocycles. The molecule has 0 aliphatic rings. The Morgan fingerprint density at radius 3 is 2.75 bits per heavy atom. The molecule has 0 amide bonds. The third-order valence-corrected chi connectivity index (χ3v) is 2.91. The van der Waals surface area contributed by atoms with Crippen LogP contribution in [0.15, 0.2) is 23.4 Å². The molecule has 3 nitrogen and oxygen atoms in total. The summed E-state index contributed by atoms with van der Waals surface area (Å²) in [5.74, 6) is 0. The van der Waals surface area contributed by atoms with Crippen molar-refractivity contribution >= 4 is 22.8 Å². The van der Waals surface area contributed by atoms with Gasteiger partial charge in [0, 0.05) is 4.90 Å². The highest BCUT2D eigenvalue weighted by Gasteiger charge is 2.31. The second kappa shape index (κ2) is 3.99. The number of aromatic amines is 1. The molecule has 2 N–H and O–H groups in total. The lowest BCUT2D eigenvalue weighted by Crippen LogP contribution is -2.02. The van der Waals surface area contributed by atoms with Crippen LogP contribution in [-0.2, 0) is 6.61 Å². The molecule has 0 saturated carbocycles. The number of fused-ring (bicyclic) bond motifs is 1. The smallest absolute Gasteiger partial charge is 0.392 e. The zero-order valence-corrected chi connectivity index (χ0v) is 8.69. The van der Waals surface area contributed by atoms with E-state index in [0.717, 1.165) is 0 Å². The monoisotopic (exact) mass is 248 g/mol. The largest absolute Gasteiger partial charge is 0.446 e. The highest BCUT2D eigenvalue weighted by Crippen LogP contribution is 2.41. The number of nitrogens with one attached hydrogen (secondary N) is 1. The number of hydrogen-bond donors (Lipinski definition) is 2. The first-order valence-electron chi connectivity index (χ1n) is 4.33. The van der Waals surface area contributed by atoms with Gasteiger partial charge in [-0.2, -0.15) is 13.2 Å². The van der Waals surface area contributed by atoms with Crippen LogP contribution in [0.2, 0.25) is 0 Å². The molecule has 7 heteroatoms. The van der Waals surface area contributed by atoms with Gasteiger partial charge in [0.15, 0.2) is 0 Å². The van der Waals surface area contributed by atoms with Crippen molar-refractivity contribution in [1.82, 2.24) is 9.97 Å². The first kappa shape index (κ1) is 11.3. The fourth-order valence-electron chi connectivity index (χ4n) is 1.38. The summed E-state index contributed by atoms with van der Waals surface area (Å²) in [6.45, 7) is -0.443. The summed E-state index contributed by atoms with van der Waals surface area (Å²) >= 11 is -0.256. The fourth-order valence-corrected chi connectivity index (χ4v) is 2.13. The maximum absolute atomic E-state index is 12.3. The molecule has 0 fully saturated rings. The molecule has 1 aromatic carbocycles. The average Bonchev–Trinajstić information content (AvgIpc) is 2.64. The maximum Gasteiger partial charge on any atom is 0.446 e. The number of imidazole rings is 1. The van der Waals surface area contributed by atoms with E-state index in [9.17, 15) is 13.2 Å². The van der Waals surface area contributed by atoms with Gasteiger partial charge >= 0.3 is 5.51 Å². The van der Waals surface area contributed by atoms with Crippen LogP contribution in [0.25, 0.3) is 11.0 Å². The van der Waals surface area contributed by atoms with Crippen LogP contribution in [0.3, 0.4) is 0 Å². The molecular formula is C9H7F3N2OS. The number of rotatable bonds is 2. The highest BCUT2D eigenvalue weighted by atomic mass is 32.2. The second-order valence-electron chi connectivity index (χ2n) is 3.06. The van der Waals surface area contributed by atoms with Crippen LogP contribution in [0.4, 0.5) is 13.2 Å². The van der Waals surface area contributed by atoms with Gasteiger partial charge in [-0.1, -0.05) is 6.07 Å². The number of hydrogen-bond acceptors (Lipinski definition) is 3. The number of H-pyrrole nitrogens is 1. The van der Waals surface area contributed by atoms with Crippen molar-refractivity contribution in [2.45, 2.75) is 17.0 Å². The number of thioether (sulfide) groups is 1. The van der Waals surface area contributed by atoms with Crippen molar-refractivity contribution in [3.63, 3.8) is 0 Å². The van der Waals surface area contributed by atoms with E-state index in [2.05, 4.69) is 9.97 Å². The molecule has 1 heterocycles. The highest BCUT2D eigenvalue weighted by molar-refractivity contribution is 8.00. The van der Waals surface area contributed by atoms with Crippen LogP contribution in [-0.4, -0.2) is 20.6 Å². The Hall–Kier alpha value is -1.21. The van der Waals surface area contributed by atoms with E-state index < -0.39 is 12.1 Å². The minimum atomic E-state index is -4.39. The summed E-state index contributed by atoms with van der Waals surface area (Å²) in [6, 6.07) is 3.04. The van der Waals surface area contributed by atoms with Crippen molar-refractivity contribution in [3.8, 4) is 0 Å². The zero-order valence-electron chi connectivity index (χ0n) is 7.88. The summed E-state index contributed by atoms with van der Waals surface area (Å²) in [5, 5.41) is 8.99. The van der Waals surface area contributed by atoms with Crippen LogP contribution in [0.5, 0.6) is 0 Å². The van der Waals surface area contributed by atoms with Gasteiger partial charge in [0.1, 0.15) is 5.52 Å². The van der Waals surface area contributed by atoms with Gasteiger partial charge in [0.2, 0.25) is 0 Å². The van der Waals surface area contributed by atoms with Crippen molar-refractivity contribution in [1.29, 1.82) is 0 Å². The lowest BCUT2D eigenvalue weighted by atomic mass is 10.2. The number of aliphatic hydroxyl groups excluding tert-OH is 1. The Bertz CT molecular complexity index is 509. The van der Waals surface area contributed by atoms with Crippen LogP contribution in [0.1, 0.15) is 5.56 Å². The van der Waals surface area contributed by atoms with Crippen molar-refractivity contribution in [3.05, 3.63) is 24.0 Å². The van der Waals surface area contributed by atoms with E-state index in [1.54, 1.807) is 6.07 Å². The van der Waals surface area contributed by atoms with Gasteiger partial charge in [-0.25, -0.2) is 4.98 Å². The summed E-state index contributed by atoms with van der Waals surface area (Å²) in [6.07, 6.45) is 1.33. The number of alkyl halides is 3. The molecule has 0 bridgehead atoms. The minimum Gasteiger partial charge on any atom is -0.392 e. The Morgan fingerprint density at radius 1 is 1.38 bits per heavy atom. The normalized spacial score (nSPS) is 12.2. The average molecular weight is 248 g/mol. The Balaban J connectivity index is 2.57. The Labute approximate surface area is 92.7 Å². The van der Waals surface area contributed by atoms with E-state index in [1.165, 1.54) is 12.4 Å². The fraction of sp³-hybridized carbons (Fsp3) is 0.222. The zero-order chi connectivity index (χ0) is 11.8. The Kier molecular flexibility index (Phi) is 2.81. The van der Waals surface area contributed by atoms with Crippen molar-refractivity contribution in [2.24, 2.45) is 0 Å². The summed E-state index contributed by atoms with van der Waals surface area (Å²) in [4.78, 5) is 6.50. The van der Waals surface area contributed by atoms with Gasteiger partial charge in [-0.05, 0) is 23.4 Å². The van der Waals surface area contributed by atoms with Gasteiger partial charge in [-0.15, -0.1) is 0 Å². The third-order valence-electron chi connectivity index (χ3n) is 2.01. The van der Waals surface area contributed by atoms with Gasteiger partial charge < -0.3 is 10.1 Å². The lowest BCUT2D eigenvalue weighted by Gasteiger charge is -2.09. The van der Waals surface area contributed by atoms with E-state index in [1.807, 2.05) is 0 Å². The van der Waals surface area contributed by atoms with Gasteiger partial charge in [-0.3, -0.25) is 0 Å².